The molecule has 3 aromatic rings. The van der Waals surface area contributed by atoms with Crippen molar-refractivity contribution in [1.29, 1.82) is 0 Å². The van der Waals surface area contributed by atoms with Gasteiger partial charge in [0, 0.05) is 32.9 Å². The summed E-state index contributed by atoms with van der Waals surface area (Å²) in [4.78, 5) is 16.1. The van der Waals surface area contributed by atoms with Crippen molar-refractivity contribution in [2.45, 2.75) is 18.0 Å². The number of carbonyl (C=O) groups is 1. The number of fused-ring (bicyclic) bond motifs is 1. The Bertz CT molecular complexity index is 1150. The topological polar surface area (TPSA) is 68.0 Å². The number of alkyl halides is 7. The third kappa shape index (κ3) is 3.91. The standard InChI is InChI=1S/C19H11BrF7N3O/c20-13-8-12(17(21,18(22,23)24)19(25,26)27)14-11(5-2-6-29-14)15(13)30-16(31)9-3-1-4-10(28)7-9/h1-8H,28H2,(H,30,31). The lowest BCUT2D eigenvalue weighted by molar-refractivity contribution is -0.348. The van der Waals surface area contributed by atoms with Gasteiger partial charge in [-0.05, 0) is 52.3 Å². The molecule has 1 aromatic heterocycles. The maximum Gasteiger partial charge on any atom is 0.436 e. The smallest absolute Gasteiger partial charge is 0.399 e. The van der Waals surface area contributed by atoms with Gasteiger partial charge < -0.3 is 11.1 Å². The first-order valence-corrected chi connectivity index (χ1v) is 9.13. The molecule has 1 heterocycles. The molecule has 0 atom stereocenters. The normalized spacial score (nSPS) is 12.8. The van der Waals surface area contributed by atoms with E-state index in [9.17, 15) is 35.5 Å². The summed E-state index contributed by atoms with van der Waals surface area (Å²) in [5.74, 6) is -0.746. The molecule has 0 aliphatic heterocycles. The molecule has 0 radical (unpaired) electrons. The summed E-state index contributed by atoms with van der Waals surface area (Å²) >= 11 is 2.84. The lowest BCUT2D eigenvalue weighted by atomic mass is 9.91. The number of nitrogens with zero attached hydrogens (tertiary/aromatic N) is 1. The molecule has 1 amide bonds. The van der Waals surface area contributed by atoms with Crippen LogP contribution in [0.1, 0.15) is 15.9 Å². The van der Waals surface area contributed by atoms with Gasteiger partial charge in [0.15, 0.2) is 0 Å². The molecule has 0 saturated carbocycles. The summed E-state index contributed by atoms with van der Waals surface area (Å²) in [5, 5.41) is 2.05. The van der Waals surface area contributed by atoms with Crippen LogP contribution in [0.15, 0.2) is 53.1 Å². The number of benzene rings is 2. The molecule has 31 heavy (non-hydrogen) atoms. The van der Waals surface area contributed by atoms with Crippen molar-refractivity contribution < 1.29 is 35.5 Å². The summed E-state index contributed by atoms with van der Waals surface area (Å²) in [6.07, 6.45) is -11.7. The van der Waals surface area contributed by atoms with E-state index in [4.69, 9.17) is 5.73 Å². The summed E-state index contributed by atoms with van der Waals surface area (Å²) in [7, 11) is 0. The second kappa shape index (κ2) is 7.66. The summed E-state index contributed by atoms with van der Waals surface area (Å²) in [6, 6.07) is 8.34. The quantitative estimate of drug-likeness (QED) is 0.330. The fraction of sp³-hybridized carbons (Fsp3) is 0.158. The van der Waals surface area contributed by atoms with Crippen molar-refractivity contribution in [1.82, 2.24) is 4.98 Å². The number of halogens is 8. The first kappa shape index (κ1) is 22.8. The van der Waals surface area contributed by atoms with Gasteiger partial charge in [-0.25, -0.2) is 4.39 Å². The van der Waals surface area contributed by atoms with Crippen LogP contribution in [0, 0.1) is 0 Å². The van der Waals surface area contributed by atoms with Gasteiger partial charge in [0.2, 0.25) is 0 Å². The third-order valence-electron chi connectivity index (χ3n) is 4.38. The zero-order valence-electron chi connectivity index (χ0n) is 15.1. The van der Waals surface area contributed by atoms with Gasteiger partial charge in [0.1, 0.15) is 0 Å². The van der Waals surface area contributed by atoms with E-state index in [1.54, 1.807) is 0 Å². The van der Waals surface area contributed by atoms with Gasteiger partial charge >= 0.3 is 18.0 Å². The molecule has 0 unspecified atom stereocenters. The number of carbonyl (C=O) groups excluding carboxylic acids is 1. The molecule has 0 fully saturated rings. The third-order valence-corrected chi connectivity index (χ3v) is 5.01. The number of pyridine rings is 1. The molecule has 2 aromatic carbocycles. The number of rotatable bonds is 3. The average molecular weight is 510 g/mol. The van der Waals surface area contributed by atoms with E-state index in [0.717, 1.165) is 12.3 Å². The zero-order valence-corrected chi connectivity index (χ0v) is 16.7. The van der Waals surface area contributed by atoms with Crippen molar-refractivity contribution >= 4 is 44.1 Å². The zero-order chi connectivity index (χ0) is 23.2. The SMILES string of the molecule is Nc1cccc(C(=O)Nc2c(Br)cc(C(F)(C(F)(F)F)C(F)(F)F)c3ncccc23)c1. The number of hydrogen-bond donors (Lipinski definition) is 2. The Morgan fingerprint density at radius 3 is 2.19 bits per heavy atom. The minimum Gasteiger partial charge on any atom is -0.399 e. The monoisotopic (exact) mass is 509 g/mol. The molecule has 0 spiro atoms. The van der Waals surface area contributed by atoms with Crippen LogP contribution in [0.25, 0.3) is 10.9 Å². The number of nitrogens with one attached hydrogen (secondary N) is 1. The molecule has 12 heteroatoms. The maximum absolute atomic E-state index is 14.7. The fourth-order valence-corrected chi connectivity index (χ4v) is 3.48. The molecule has 0 aliphatic rings. The highest BCUT2D eigenvalue weighted by Gasteiger charge is 2.74. The molecule has 0 aliphatic carbocycles. The highest BCUT2D eigenvalue weighted by Crippen LogP contribution is 2.55. The Balaban J connectivity index is 2.23. The van der Waals surface area contributed by atoms with Crippen molar-refractivity contribution in [3.05, 3.63) is 64.3 Å². The Labute approximate surface area is 178 Å². The van der Waals surface area contributed by atoms with Crippen molar-refractivity contribution in [3.8, 4) is 0 Å². The summed E-state index contributed by atoms with van der Waals surface area (Å²) < 4.78 is 94.1. The van der Waals surface area contributed by atoms with Gasteiger partial charge in [0.05, 0.1) is 11.2 Å². The number of nitrogens with two attached hydrogens (primary N) is 1. The molecule has 0 saturated heterocycles. The van der Waals surface area contributed by atoms with Gasteiger partial charge in [0.25, 0.3) is 5.91 Å². The van der Waals surface area contributed by atoms with Crippen molar-refractivity contribution in [3.63, 3.8) is 0 Å². The van der Waals surface area contributed by atoms with E-state index >= 15 is 0 Å². The van der Waals surface area contributed by atoms with Gasteiger partial charge in [-0.3, -0.25) is 9.78 Å². The molecule has 4 nitrogen and oxygen atoms in total. The van der Waals surface area contributed by atoms with Crippen molar-refractivity contribution in [2.75, 3.05) is 11.1 Å². The molecular weight excluding hydrogens is 499 g/mol. The predicted molar refractivity (Wildman–Crippen MR) is 103 cm³/mol. The van der Waals surface area contributed by atoms with Crippen LogP contribution in [-0.4, -0.2) is 23.2 Å². The molecule has 164 valence electrons. The van der Waals surface area contributed by atoms with Gasteiger partial charge in [-0.2, -0.15) is 26.3 Å². The molecular formula is C19H11BrF7N3O. The minimum atomic E-state index is -6.32. The summed E-state index contributed by atoms with van der Waals surface area (Å²) in [6.45, 7) is 0. The Morgan fingerprint density at radius 1 is 0.968 bits per heavy atom. The second-order valence-corrected chi connectivity index (χ2v) is 7.27. The van der Waals surface area contributed by atoms with E-state index < -0.39 is 39.5 Å². The maximum atomic E-state index is 14.7. The number of hydrogen-bond acceptors (Lipinski definition) is 3. The van der Waals surface area contributed by atoms with E-state index in [-0.39, 0.29) is 22.3 Å². The minimum absolute atomic E-state index is 0.0819. The molecule has 3 rings (SSSR count). The van der Waals surface area contributed by atoms with Crippen LogP contribution >= 0.6 is 15.9 Å². The van der Waals surface area contributed by atoms with Crippen LogP contribution in [0.5, 0.6) is 0 Å². The predicted octanol–water partition coefficient (Wildman–Crippen LogP) is 6.12. The van der Waals surface area contributed by atoms with Crippen LogP contribution in [0.2, 0.25) is 0 Å². The van der Waals surface area contributed by atoms with Crippen molar-refractivity contribution in [2.24, 2.45) is 0 Å². The molecule has 3 N–H and O–H groups in total. The average Bonchev–Trinajstić information content (AvgIpc) is 2.67. The number of amides is 1. The lowest BCUT2D eigenvalue weighted by Crippen LogP contribution is -2.50. The largest absolute Gasteiger partial charge is 0.436 e. The number of anilines is 2. The fourth-order valence-electron chi connectivity index (χ4n) is 2.94. The number of aromatic nitrogens is 1. The van der Waals surface area contributed by atoms with Crippen LogP contribution in [0.3, 0.4) is 0 Å². The summed E-state index contributed by atoms with van der Waals surface area (Å²) in [5.41, 5.74) is -2.60. The van der Waals surface area contributed by atoms with Crippen LogP contribution in [-0.2, 0) is 5.67 Å². The van der Waals surface area contributed by atoms with E-state index in [1.807, 2.05) is 0 Å². The van der Waals surface area contributed by atoms with E-state index in [1.165, 1.54) is 30.3 Å². The first-order valence-electron chi connectivity index (χ1n) is 8.34. The Kier molecular flexibility index (Phi) is 5.63. The van der Waals surface area contributed by atoms with Gasteiger partial charge in [-0.15, -0.1) is 0 Å². The molecule has 0 bridgehead atoms. The van der Waals surface area contributed by atoms with Gasteiger partial charge in [-0.1, -0.05) is 6.07 Å². The Morgan fingerprint density at radius 2 is 1.61 bits per heavy atom. The van der Waals surface area contributed by atoms with Crippen LogP contribution < -0.4 is 11.1 Å². The van der Waals surface area contributed by atoms with E-state index in [0.29, 0.717) is 6.07 Å². The second-order valence-electron chi connectivity index (χ2n) is 6.41. The van der Waals surface area contributed by atoms with Crippen LogP contribution in [0.4, 0.5) is 42.1 Å². The van der Waals surface area contributed by atoms with E-state index in [2.05, 4.69) is 26.2 Å². The first-order chi connectivity index (χ1) is 14.3. The highest BCUT2D eigenvalue weighted by molar-refractivity contribution is 9.10. The number of nitrogen functional groups attached to an aromatic ring is 1. The Hall–Kier alpha value is -2.89. The lowest BCUT2D eigenvalue weighted by Gasteiger charge is -2.31. The highest BCUT2D eigenvalue weighted by atomic mass is 79.9.